The number of rotatable bonds is 5. The molecule has 0 radical (unpaired) electrons. The Bertz CT molecular complexity index is 801. The van der Waals surface area contributed by atoms with Gasteiger partial charge in [0.1, 0.15) is 29.5 Å². The van der Waals surface area contributed by atoms with Gasteiger partial charge in [0.15, 0.2) is 0 Å². The summed E-state index contributed by atoms with van der Waals surface area (Å²) in [6.45, 7) is 2.24. The summed E-state index contributed by atoms with van der Waals surface area (Å²) in [7, 11) is 1.65. The van der Waals surface area contributed by atoms with Crippen LogP contribution in [0.1, 0.15) is 13.3 Å². The van der Waals surface area contributed by atoms with Crippen LogP contribution in [0.5, 0.6) is 5.75 Å². The summed E-state index contributed by atoms with van der Waals surface area (Å²) < 4.78 is 18.4. The quantitative estimate of drug-likeness (QED) is 0.811. The van der Waals surface area contributed by atoms with E-state index in [-0.39, 0.29) is 30.7 Å². The number of likely N-dealkylation sites (N-methyl/N-ethyl adjacent to an activating group) is 1. The molecule has 0 saturated carbocycles. The van der Waals surface area contributed by atoms with Crippen molar-refractivity contribution in [1.82, 2.24) is 9.80 Å². The molecule has 0 aliphatic carbocycles. The summed E-state index contributed by atoms with van der Waals surface area (Å²) >= 11 is 0. The first-order valence-corrected chi connectivity index (χ1v) is 8.30. The highest BCUT2D eigenvalue weighted by Crippen LogP contribution is 2.27. The van der Waals surface area contributed by atoms with Crippen LogP contribution in [0, 0.1) is 5.82 Å². The SMILES string of the molecule is CN(CCOc1ccc(F)cc1)C(=O)C1(C)CC(=O)N2C=CC=CC2=N1. The number of carbonyl (C=O) groups is 2. The third-order valence-corrected chi connectivity index (χ3v) is 4.28. The topological polar surface area (TPSA) is 62.2 Å². The standard InChI is InChI=1S/C19H20FN3O3/c1-19(13-17(24)23-10-4-3-5-16(23)21-19)18(25)22(2)11-12-26-15-8-6-14(20)7-9-15/h3-10H,11-13H2,1-2H3. The van der Waals surface area contributed by atoms with Gasteiger partial charge in [-0.05, 0) is 43.3 Å². The summed E-state index contributed by atoms with van der Waals surface area (Å²) in [6.07, 6.45) is 6.89. The van der Waals surface area contributed by atoms with Crippen molar-refractivity contribution in [3.8, 4) is 5.75 Å². The highest BCUT2D eigenvalue weighted by atomic mass is 19.1. The molecule has 0 spiro atoms. The van der Waals surface area contributed by atoms with Gasteiger partial charge in [-0.25, -0.2) is 4.39 Å². The molecule has 2 amide bonds. The van der Waals surface area contributed by atoms with E-state index in [1.165, 1.54) is 34.1 Å². The monoisotopic (exact) mass is 357 g/mol. The lowest BCUT2D eigenvalue weighted by Gasteiger charge is -2.36. The molecule has 0 aromatic heterocycles. The fourth-order valence-electron chi connectivity index (χ4n) is 2.88. The lowest BCUT2D eigenvalue weighted by Crippen LogP contribution is -2.53. The molecular weight excluding hydrogens is 337 g/mol. The Labute approximate surface area is 151 Å². The minimum absolute atomic E-state index is 0.0106. The van der Waals surface area contributed by atoms with E-state index >= 15 is 0 Å². The van der Waals surface area contributed by atoms with Crippen molar-refractivity contribution in [2.24, 2.45) is 4.99 Å². The highest BCUT2D eigenvalue weighted by Gasteiger charge is 2.43. The summed E-state index contributed by atoms with van der Waals surface area (Å²) in [5.41, 5.74) is -1.14. The van der Waals surface area contributed by atoms with Crippen LogP contribution in [0.25, 0.3) is 0 Å². The number of fused-ring (bicyclic) bond motifs is 1. The lowest BCUT2D eigenvalue weighted by atomic mass is 9.93. The van der Waals surface area contributed by atoms with Crippen LogP contribution >= 0.6 is 0 Å². The molecule has 0 bridgehead atoms. The smallest absolute Gasteiger partial charge is 0.250 e. The maximum absolute atomic E-state index is 12.9. The Morgan fingerprint density at radius 1 is 1.35 bits per heavy atom. The van der Waals surface area contributed by atoms with Crippen molar-refractivity contribution in [3.05, 3.63) is 54.5 Å². The van der Waals surface area contributed by atoms with Crippen molar-refractivity contribution >= 4 is 17.6 Å². The van der Waals surface area contributed by atoms with E-state index in [9.17, 15) is 14.0 Å². The van der Waals surface area contributed by atoms with E-state index in [0.717, 1.165) is 0 Å². The van der Waals surface area contributed by atoms with E-state index in [0.29, 0.717) is 18.1 Å². The predicted octanol–water partition coefficient (Wildman–Crippen LogP) is 2.14. The van der Waals surface area contributed by atoms with Crippen LogP contribution in [0.3, 0.4) is 0 Å². The molecule has 3 rings (SSSR count). The molecule has 7 heteroatoms. The number of hydrogen-bond donors (Lipinski definition) is 0. The molecule has 26 heavy (non-hydrogen) atoms. The van der Waals surface area contributed by atoms with Crippen LogP contribution in [0.4, 0.5) is 4.39 Å². The Balaban J connectivity index is 1.62. The second-order valence-corrected chi connectivity index (χ2v) is 6.41. The molecule has 136 valence electrons. The number of nitrogens with zero attached hydrogens (tertiary/aromatic N) is 3. The molecule has 2 aliphatic rings. The normalized spacial score (nSPS) is 21.3. The van der Waals surface area contributed by atoms with Crippen molar-refractivity contribution in [1.29, 1.82) is 0 Å². The molecule has 6 nitrogen and oxygen atoms in total. The molecule has 1 aromatic carbocycles. The average molecular weight is 357 g/mol. The number of hydrogen-bond acceptors (Lipinski definition) is 4. The van der Waals surface area contributed by atoms with Crippen molar-refractivity contribution in [2.45, 2.75) is 18.9 Å². The molecule has 1 atom stereocenters. The second-order valence-electron chi connectivity index (χ2n) is 6.41. The molecular formula is C19H20FN3O3. The van der Waals surface area contributed by atoms with Gasteiger partial charge in [0.25, 0.3) is 5.91 Å². The molecule has 2 heterocycles. The summed E-state index contributed by atoms with van der Waals surface area (Å²) in [5.74, 6) is 0.252. The average Bonchev–Trinajstić information content (AvgIpc) is 2.62. The van der Waals surface area contributed by atoms with Gasteiger partial charge in [-0.1, -0.05) is 6.08 Å². The lowest BCUT2D eigenvalue weighted by molar-refractivity contribution is -0.140. The van der Waals surface area contributed by atoms with Gasteiger partial charge in [-0.15, -0.1) is 0 Å². The maximum Gasteiger partial charge on any atom is 0.250 e. The Morgan fingerprint density at radius 3 is 2.81 bits per heavy atom. The minimum atomic E-state index is -1.14. The Kier molecular flexibility index (Phi) is 4.88. The first-order chi connectivity index (χ1) is 12.4. The summed E-state index contributed by atoms with van der Waals surface area (Å²) in [6, 6.07) is 5.68. The number of halogens is 1. The molecule has 0 saturated heterocycles. The van der Waals surface area contributed by atoms with Gasteiger partial charge >= 0.3 is 0 Å². The molecule has 2 aliphatic heterocycles. The molecule has 1 unspecified atom stereocenters. The third kappa shape index (κ3) is 3.66. The van der Waals surface area contributed by atoms with E-state index < -0.39 is 5.54 Å². The number of ether oxygens (including phenoxy) is 1. The number of benzene rings is 1. The van der Waals surface area contributed by atoms with E-state index in [1.54, 1.807) is 38.4 Å². The third-order valence-electron chi connectivity index (χ3n) is 4.28. The summed E-state index contributed by atoms with van der Waals surface area (Å²) in [5, 5.41) is 0. The van der Waals surface area contributed by atoms with E-state index in [2.05, 4.69) is 4.99 Å². The van der Waals surface area contributed by atoms with Crippen LogP contribution in [-0.2, 0) is 9.59 Å². The Hall–Kier alpha value is -2.96. The number of aliphatic imine (C=N–C) groups is 1. The number of carbonyl (C=O) groups excluding carboxylic acids is 2. The first-order valence-electron chi connectivity index (χ1n) is 8.30. The minimum Gasteiger partial charge on any atom is -0.492 e. The van der Waals surface area contributed by atoms with E-state index in [4.69, 9.17) is 4.74 Å². The van der Waals surface area contributed by atoms with Crippen molar-refractivity contribution < 1.29 is 18.7 Å². The number of amides is 2. The second kappa shape index (κ2) is 7.11. The molecule has 0 N–H and O–H groups in total. The zero-order valence-electron chi connectivity index (χ0n) is 14.7. The van der Waals surface area contributed by atoms with Crippen LogP contribution < -0.4 is 4.74 Å². The van der Waals surface area contributed by atoms with Gasteiger partial charge in [-0.2, -0.15) is 0 Å². The van der Waals surface area contributed by atoms with Gasteiger partial charge in [0.2, 0.25) is 5.91 Å². The highest BCUT2D eigenvalue weighted by molar-refractivity contribution is 6.11. The number of amidine groups is 1. The van der Waals surface area contributed by atoms with Crippen molar-refractivity contribution in [2.75, 3.05) is 20.2 Å². The Morgan fingerprint density at radius 2 is 2.08 bits per heavy atom. The molecule has 0 fully saturated rings. The first kappa shape index (κ1) is 17.8. The van der Waals surface area contributed by atoms with Crippen LogP contribution in [0.2, 0.25) is 0 Å². The fraction of sp³-hybridized carbons (Fsp3) is 0.316. The number of allylic oxidation sites excluding steroid dienone is 2. The van der Waals surface area contributed by atoms with E-state index in [1.807, 2.05) is 0 Å². The van der Waals surface area contributed by atoms with Crippen LogP contribution in [-0.4, -0.2) is 53.2 Å². The predicted molar refractivity (Wildman–Crippen MR) is 95.1 cm³/mol. The van der Waals surface area contributed by atoms with Gasteiger partial charge in [0, 0.05) is 13.2 Å². The zero-order chi connectivity index (χ0) is 18.7. The fourth-order valence-corrected chi connectivity index (χ4v) is 2.88. The van der Waals surface area contributed by atoms with Crippen molar-refractivity contribution in [3.63, 3.8) is 0 Å². The maximum atomic E-state index is 12.9. The van der Waals surface area contributed by atoms with Gasteiger partial charge < -0.3 is 9.64 Å². The van der Waals surface area contributed by atoms with Gasteiger partial charge in [-0.3, -0.25) is 19.5 Å². The summed E-state index contributed by atoms with van der Waals surface area (Å²) in [4.78, 5) is 32.6. The molecule has 1 aromatic rings. The van der Waals surface area contributed by atoms with Gasteiger partial charge in [0.05, 0.1) is 13.0 Å². The zero-order valence-corrected chi connectivity index (χ0v) is 14.7. The largest absolute Gasteiger partial charge is 0.492 e. The van der Waals surface area contributed by atoms with Crippen LogP contribution in [0.15, 0.2) is 53.7 Å².